The van der Waals surface area contributed by atoms with Gasteiger partial charge in [-0.3, -0.25) is 4.79 Å². The molecule has 0 fully saturated rings. The highest BCUT2D eigenvalue weighted by atomic mass is 79.9. The normalized spacial score (nSPS) is 11.5. The zero-order chi connectivity index (χ0) is 15.8. The summed E-state index contributed by atoms with van der Waals surface area (Å²) in [4.78, 5) is 12.2. The summed E-state index contributed by atoms with van der Waals surface area (Å²) in [7, 11) is 0. The smallest absolute Gasteiger partial charge is 0.289 e. The van der Waals surface area contributed by atoms with Crippen molar-refractivity contribution in [1.29, 1.82) is 0 Å². The first kappa shape index (κ1) is 16.2. The molecule has 2 rings (SSSR count). The number of benzene rings is 2. The monoisotopic (exact) mass is 424 g/mol. The molecule has 0 aliphatic carbocycles. The number of carbonyl (C=O) groups is 1. The minimum atomic E-state index is -4.79. The molecule has 2 aromatic rings. The van der Waals surface area contributed by atoms with E-state index in [1.807, 2.05) is 0 Å². The molecule has 0 saturated carbocycles. The lowest BCUT2D eigenvalue weighted by atomic mass is 10.0. The Morgan fingerprint density at radius 2 is 1.67 bits per heavy atom. The van der Waals surface area contributed by atoms with Crippen LogP contribution in [0.15, 0.2) is 45.3 Å². The lowest BCUT2D eigenvalue weighted by Gasteiger charge is -2.10. The predicted octanol–water partition coefficient (Wildman–Crippen LogP) is 5.60. The van der Waals surface area contributed by atoms with Crippen molar-refractivity contribution in [2.45, 2.75) is 6.18 Å². The summed E-state index contributed by atoms with van der Waals surface area (Å²) in [5, 5.41) is 0. The van der Waals surface area contributed by atoms with Gasteiger partial charge < -0.3 is 0 Å². The highest BCUT2D eigenvalue weighted by Gasteiger charge is 2.34. The van der Waals surface area contributed by atoms with Crippen molar-refractivity contribution in [3.05, 3.63) is 67.9 Å². The van der Waals surface area contributed by atoms with Crippen LogP contribution in [0, 0.1) is 5.82 Å². The maximum Gasteiger partial charge on any atom is 0.419 e. The van der Waals surface area contributed by atoms with Crippen LogP contribution in [0.5, 0.6) is 0 Å². The molecule has 0 amide bonds. The van der Waals surface area contributed by atoms with Crippen molar-refractivity contribution >= 4 is 37.6 Å². The van der Waals surface area contributed by atoms with E-state index in [9.17, 15) is 22.4 Å². The number of hydrogen-bond donors (Lipinski definition) is 0. The molecule has 7 heteroatoms. The number of ketones is 1. The Bertz CT molecular complexity index is 711. The van der Waals surface area contributed by atoms with E-state index in [0.717, 1.165) is 6.07 Å². The summed E-state index contributed by atoms with van der Waals surface area (Å²) >= 11 is 6.37. The van der Waals surface area contributed by atoms with Crippen molar-refractivity contribution in [2.24, 2.45) is 0 Å². The van der Waals surface area contributed by atoms with Crippen LogP contribution in [0.3, 0.4) is 0 Å². The molecule has 0 N–H and O–H groups in total. The maximum atomic E-state index is 13.5. The fourth-order valence-electron chi connectivity index (χ4n) is 1.71. The minimum Gasteiger partial charge on any atom is -0.289 e. The fraction of sp³-hybridized carbons (Fsp3) is 0.0714. The van der Waals surface area contributed by atoms with Gasteiger partial charge in [-0.2, -0.15) is 13.2 Å². The second-order valence-corrected chi connectivity index (χ2v) is 5.92. The van der Waals surface area contributed by atoms with Crippen LogP contribution < -0.4 is 0 Å². The van der Waals surface area contributed by atoms with Gasteiger partial charge in [0.1, 0.15) is 5.82 Å². The van der Waals surface area contributed by atoms with E-state index in [-0.39, 0.29) is 11.1 Å². The third-order valence-electron chi connectivity index (χ3n) is 2.71. The van der Waals surface area contributed by atoms with Crippen LogP contribution in [0.4, 0.5) is 17.6 Å². The van der Waals surface area contributed by atoms with Gasteiger partial charge >= 0.3 is 6.18 Å². The molecule has 21 heavy (non-hydrogen) atoms. The van der Waals surface area contributed by atoms with Gasteiger partial charge in [-0.1, -0.05) is 37.9 Å². The average molecular weight is 426 g/mol. The maximum absolute atomic E-state index is 13.5. The Hall–Kier alpha value is -1.21. The molecule has 1 nitrogen and oxygen atoms in total. The highest BCUT2D eigenvalue weighted by molar-refractivity contribution is 9.11. The summed E-state index contributed by atoms with van der Waals surface area (Å²) in [6.07, 6.45) is -4.79. The van der Waals surface area contributed by atoms with E-state index in [0.29, 0.717) is 21.1 Å². The molecule has 0 heterocycles. The van der Waals surface area contributed by atoms with Crippen LogP contribution in [-0.2, 0) is 6.18 Å². The second kappa shape index (κ2) is 5.88. The Balaban J connectivity index is 2.45. The van der Waals surface area contributed by atoms with Crippen molar-refractivity contribution < 1.29 is 22.4 Å². The lowest BCUT2D eigenvalue weighted by Crippen LogP contribution is -2.10. The number of halogens is 6. The molecule has 0 bridgehead atoms. The van der Waals surface area contributed by atoms with Gasteiger partial charge in [0.05, 0.1) is 5.56 Å². The second-order valence-electron chi connectivity index (χ2n) is 4.15. The Kier molecular flexibility index (Phi) is 4.53. The van der Waals surface area contributed by atoms with Crippen LogP contribution >= 0.6 is 31.9 Å². The quantitative estimate of drug-likeness (QED) is 0.452. The first-order valence-electron chi connectivity index (χ1n) is 5.56. The van der Waals surface area contributed by atoms with Crippen molar-refractivity contribution in [2.75, 3.05) is 0 Å². The van der Waals surface area contributed by atoms with E-state index in [1.165, 1.54) is 6.07 Å². The van der Waals surface area contributed by atoms with Gasteiger partial charge in [-0.25, -0.2) is 4.39 Å². The molecule has 0 aliphatic rings. The van der Waals surface area contributed by atoms with Gasteiger partial charge in [0, 0.05) is 20.1 Å². The predicted molar refractivity (Wildman–Crippen MR) is 76.7 cm³/mol. The summed E-state index contributed by atoms with van der Waals surface area (Å²) < 4.78 is 52.1. The summed E-state index contributed by atoms with van der Waals surface area (Å²) in [5.74, 6) is -2.05. The molecular formula is C14H6Br2F4O. The van der Waals surface area contributed by atoms with E-state index in [1.54, 1.807) is 12.1 Å². The zero-order valence-corrected chi connectivity index (χ0v) is 13.3. The summed E-state index contributed by atoms with van der Waals surface area (Å²) in [6, 6.07) is 6.92. The Morgan fingerprint density at radius 1 is 1.00 bits per heavy atom. The number of rotatable bonds is 2. The molecule has 0 atom stereocenters. The van der Waals surface area contributed by atoms with Crippen molar-refractivity contribution in [3.8, 4) is 0 Å². The van der Waals surface area contributed by atoms with Crippen molar-refractivity contribution in [1.82, 2.24) is 0 Å². The first-order valence-corrected chi connectivity index (χ1v) is 7.15. The number of alkyl halides is 3. The molecule has 0 spiro atoms. The van der Waals surface area contributed by atoms with Gasteiger partial charge in [0.2, 0.25) is 0 Å². The van der Waals surface area contributed by atoms with E-state index in [2.05, 4.69) is 31.9 Å². The van der Waals surface area contributed by atoms with Crippen LogP contribution in [0.2, 0.25) is 0 Å². The van der Waals surface area contributed by atoms with Crippen molar-refractivity contribution in [3.63, 3.8) is 0 Å². The average Bonchev–Trinajstić information content (AvgIpc) is 2.39. The molecular weight excluding hydrogens is 420 g/mol. The van der Waals surface area contributed by atoms with E-state index in [4.69, 9.17) is 0 Å². The molecule has 0 aromatic heterocycles. The van der Waals surface area contributed by atoms with Gasteiger partial charge in [0.15, 0.2) is 5.78 Å². The minimum absolute atomic E-state index is 0.153. The first-order chi connectivity index (χ1) is 9.70. The summed E-state index contributed by atoms with van der Waals surface area (Å²) in [5.41, 5.74) is -1.32. The molecule has 0 unspecified atom stereocenters. The van der Waals surface area contributed by atoms with Crippen LogP contribution in [0.25, 0.3) is 0 Å². The fourth-order valence-corrected chi connectivity index (χ4v) is 2.50. The third-order valence-corrected chi connectivity index (χ3v) is 3.89. The number of carbonyl (C=O) groups excluding carboxylic acids is 1. The molecule has 0 saturated heterocycles. The summed E-state index contributed by atoms with van der Waals surface area (Å²) in [6.45, 7) is 0. The number of hydrogen-bond acceptors (Lipinski definition) is 1. The van der Waals surface area contributed by atoms with Gasteiger partial charge in [-0.15, -0.1) is 0 Å². The SMILES string of the molecule is O=C(c1ccc(C(F)(F)F)c(F)c1)c1cc(Br)ccc1Br. The Morgan fingerprint density at radius 3 is 2.24 bits per heavy atom. The molecule has 110 valence electrons. The lowest BCUT2D eigenvalue weighted by molar-refractivity contribution is -0.140. The molecule has 2 aromatic carbocycles. The topological polar surface area (TPSA) is 17.1 Å². The van der Waals surface area contributed by atoms with E-state index >= 15 is 0 Å². The van der Waals surface area contributed by atoms with Crippen LogP contribution in [0.1, 0.15) is 21.5 Å². The third kappa shape index (κ3) is 3.52. The Labute approximate surface area is 134 Å². The zero-order valence-electron chi connectivity index (χ0n) is 10.1. The molecule has 0 radical (unpaired) electrons. The van der Waals surface area contributed by atoms with Gasteiger partial charge in [-0.05, 0) is 30.3 Å². The standard InChI is InChI=1S/C14H6Br2F4O/c15-8-2-4-11(16)9(6-8)13(21)7-1-3-10(12(17)5-7)14(18,19)20/h1-6H. The highest BCUT2D eigenvalue weighted by Crippen LogP contribution is 2.32. The van der Waals surface area contributed by atoms with Crippen LogP contribution in [-0.4, -0.2) is 5.78 Å². The van der Waals surface area contributed by atoms with E-state index < -0.39 is 23.3 Å². The van der Waals surface area contributed by atoms with Gasteiger partial charge in [0.25, 0.3) is 0 Å². The largest absolute Gasteiger partial charge is 0.419 e. The molecule has 0 aliphatic heterocycles.